The van der Waals surface area contributed by atoms with Crippen LogP contribution in [0.15, 0.2) is 23.2 Å². The van der Waals surface area contributed by atoms with E-state index in [0.717, 1.165) is 23.4 Å². The summed E-state index contributed by atoms with van der Waals surface area (Å²) in [6, 6.07) is 0. The highest BCUT2D eigenvalue weighted by Crippen LogP contribution is 2.25. The molecule has 4 heteroatoms. The summed E-state index contributed by atoms with van der Waals surface area (Å²) < 4.78 is 0.773. The molecule has 1 heterocycles. The van der Waals surface area contributed by atoms with Gasteiger partial charge in [0, 0.05) is 12.4 Å². The molecule has 0 spiro atoms. The van der Waals surface area contributed by atoms with Gasteiger partial charge >= 0.3 is 0 Å². The number of hydrogen-bond donors (Lipinski definition) is 1. The smallest absolute Gasteiger partial charge is 0.124 e. The molecule has 2 rings (SSSR count). The van der Waals surface area contributed by atoms with Gasteiger partial charge in [-0.15, -0.1) is 0 Å². The second-order valence-electron chi connectivity index (χ2n) is 3.26. The van der Waals surface area contributed by atoms with Crippen molar-refractivity contribution in [3.8, 4) is 0 Å². The summed E-state index contributed by atoms with van der Waals surface area (Å²) in [5, 5.41) is 8.62. The van der Waals surface area contributed by atoms with Crippen LogP contribution in [0.2, 0.25) is 0 Å². The molecule has 1 saturated carbocycles. The number of rotatable bonds is 0. The van der Waals surface area contributed by atoms with Gasteiger partial charge in [0.1, 0.15) is 4.60 Å². The lowest BCUT2D eigenvalue weighted by atomic mass is 9.84. The lowest BCUT2D eigenvalue weighted by Gasteiger charge is -2.27. The van der Waals surface area contributed by atoms with Crippen molar-refractivity contribution in [3.05, 3.63) is 23.2 Å². The minimum absolute atomic E-state index is 0.0417. The second kappa shape index (κ2) is 5.29. The minimum Gasteiger partial charge on any atom is -0.393 e. The van der Waals surface area contributed by atoms with Crippen molar-refractivity contribution in [1.29, 1.82) is 0 Å². The molecule has 72 valence electrons. The molecule has 0 aromatic carbocycles. The van der Waals surface area contributed by atoms with Crippen LogP contribution < -0.4 is 0 Å². The van der Waals surface area contributed by atoms with Gasteiger partial charge in [0.2, 0.25) is 0 Å². The fraction of sp³-hybridized carbons (Fsp3) is 0.556. The van der Waals surface area contributed by atoms with Gasteiger partial charge in [-0.05, 0) is 34.7 Å². The summed E-state index contributed by atoms with van der Waals surface area (Å²) in [6.07, 6.45) is 6.99. The number of halogens is 1. The van der Waals surface area contributed by atoms with Crippen molar-refractivity contribution in [2.75, 3.05) is 0 Å². The van der Waals surface area contributed by atoms with E-state index < -0.39 is 0 Å². The van der Waals surface area contributed by atoms with E-state index in [0.29, 0.717) is 0 Å². The van der Waals surface area contributed by atoms with Gasteiger partial charge in [0.05, 0.1) is 12.3 Å². The Morgan fingerprint density at radius 1 is 1.46 bits per heavy atom. The molecule has 0 aliphatic heterocycles. The molecule has 13 heavy (non-hydrogen) atoms. The highest BCUT2D eigenvalue weighted by atomic mass is 79.9. The zero-order valence-electron chi connectivity index (χ0n) is 7.52. The lowest BCUT2D eigenvalue weighted by molar-refractivity contribution is 0.0513. The Morgan fingerprint density at radius 2 is 2.15 bits per heavy atom. The summed E-state index contributed by atoms with van der Waals surface area (Å²) >= 11 is 3.14. The molecule has 1 aromatic rings. The maximum Gasteiger partial charge on any atom is 0.124 e. The summed E-state index contributed by atoms with van der Waals surface area (Å²) in [5.41, 5.74) is 0. The third kappa shape index (κ3) is 4.33. The van der Waals surface area contributed by atoms with E-state index in [1.807, 2.05) is 0 Å². The van der Waals surface area contributed by atoms with Gasteiger partial charge in [-0.25, -0.2) is 4.98 Å². The molecule has 0 saturated heterocycles. The molecule has 1 N–H and O–H groups in total. The first-order valence-electron chi connectivity index (χ1n) is 4.28. The van der Waals surface area contributed by atoms with E-state index in [1.165, 1.54) is 0 Å². The van der Waals surface area contributed by atoms with Crippen LogP contribution in [0.5, 0.6) is 0 Å². The standard InChI is InChI=1S/C5H10O.C4H3BrN2/c1-4-2-5(6)3-4;5-4-3-6-1-2-7-4/h4-6H,2-3H2,1H3;1-3H. The SMILES string of the molecule is Brc1cnccn1.CC1CC(O)C1. The number of hydrogen-bond acceptors (Lipinski definition) is 3. The quantitative estimate of drug-likeness (QED) is 0.760. The minimum atomic E-state index is 0.0417. The van der Waals surface area contributed by atoms with Crippen molar-refractivity contribution >= 4 is 15.9 Å². The molecule has 1 fully saturated rings. The number of aliphatic hydroxyl groups is 1. The zero-order chi connectivity index (χ0) is 9.68. The first kappa shape index (κ1) is 10.6. The topological polar surface area (TPSA) is 46.0 Å². The third-order valence-corrected chi connectivity index (χ3v) is 2.29. The maximum absolute atomic E-state index is 8.62. The van der Waals surface area contributed by atoms with Gasteiger partial charge in [0.15, 0.2) is 0 Å². The van der Waals surface area contributed by atoms with Gasteiger partial charge in [-0.3, -0.25) is 4.98 Å². The van der Waals surface area contributed by atoms with E-state index >= 15 is 0 Å². The van der Waals surface area contributed by atoms with Gasteiger partial charge < -0.3 is 5.11 Å². The molecule has 1 aromatic heterocycles. The molecule has 3 nitrogen and oxygen atoms in total. The van der Waals surface area contributed by atoms with Crippen LogP contribution >= 0.6 is 15.9 Å². The Morgan fingerprint density at radius 3 is 2.31 bits per heavy atom. The monoisotopic (exact) mass is 244 g/mol. The molecule has 0 radical (unpaired) electrons. The third-order valence-electron chi connectivity index (χ3n) is 1.88. The van der Waals surface area contributed by atoms with Crippen molar-refractivity contribution in [1.82, 2.24) is 9.97 Å². The predicted molar refractivity (Wildman–Crippen MR) is 54.1 cm³/mol. The lowest BCUT2D eigenvalue weighted by Crippen LogP contribution is -2.25. The average molecular weight is 245 g/mol. The Hall–Kier alpha value is -0.480. The summed E-state index contributed by atoms with van der Waals surface area (Å²) in [4.78, 5) is 7.61. The molecule has 1 aliphatic rings. The Kier molecular flexibility index (Phi) is 4.32. The van der Waals surface area contributed by atoms with Gasteiger partial charge in [-0.2, -0.15) is 0 Å². The summed E-state index contributed by atoms with van der Waals surface area (Å²) in [7, 11) is 0. The fourth-order valence-electron chi connectivity index (χ4n) is 1.14. The van der Waals surface area contributed by atoms with Crippen molar-refractivity contribution in [2.24, 2.45) is 5.92 Å². The van der Waals surface area contributed by atoms with Crippen molar-refractivity contribution in [2.45, 2.75) is 25.9 Å². The first-order valence-corrected chi connectivity index (χ1v) is 5.07. The van der Waals surface area contributed by atoms with Crippen LogP contribution in [-0.4, -0.2) is 21.2 Å². The molecular formula is C9H13BrN2O. The summed E-state index contributed by atoms with van der Waals surface area (Å²) in [6.45, 7) is 2.16. The molecule has 0 bridgehead atoms. The van der Waals surface area contributed by atoms with Crippen LogP contribution in [0.4, 0.5) is 0 Å². The second-order valence-corrected chi connectivity index (χ2v) is 4.07. The average Bonchev–Trinajstić information content (AvgIpc) is 2.05. The van der Waals surface area contributed by atoms with Crippen LogP contribution in [0.3, 0.4) is 0 Å². The van der Waals surface area contributed by atoms with Crippen molar-refractivity contribution < 1.29 is 5.11 Å². The number of aromatic nitrogens is 2. The largest absolute Gasteiger partial charge is 0.393 e. The van der Waals surface area contributed by atoms with E-state index in [-0.39, 0.29) is 6.10 Å². The summed E-state index contributed by atoms with van der Waals surface area (Å²) in [5.74, 6) is 0.792. The Bertz CT molecular complexity index is 231. The fourth-order valence-corrected chi connectivity index (χ4v) is 1.38. The molecule has 0 atom stereocenters. The van der Waals surface area contributed by atoms with E-state index in [2.05, 4.69) is 32.8 Å². The van der Waals surface area contributed by atoms with Gasteiger partial charge in [0.25, 0.3) is 0 Å². The van der Waals surface area contributed by atoms with E-state index in [1.54, 1.807) is 18.6 Å². The molecule has 0 amide bonds. The van der Waals surface area contributed by atoms with Crippen LogP contribution in [0.25, 0.3) is 0 Å². The van der Waals surface area contributed by atoms with Gasteiger partial charge in [-0.1, -0.05) is 6.92 Å². The van der Waals surface area contributed by atoms with E-state index in [4.69, 9.17) is 5.11 Å². The maximum atomic E-state index is 8.62. The molecule has 0 unspecified atom stereocenters. The number of aliphatic hydroxyl groups excluding tert-OH is 1. The molecule has 1 aliphatic carbocycles. The van der Waals surface area contributed by atoms with Crippen LogP contribution in [0.1, 0.15) is 19.8 Å². The Balaban J connectivity index is 0.000000132. The van der Waals surface area contributed by atoms with E-state index in [9.17, 15) is 0 Å². The highest BCUT2D eigenvalue weighted by Gasteiger charge is 2.21. The normalized spacial score (nSPS) is 25.5. The predicted octanol–water partition coefficient (Wildman–Crippen LogP) is 2.02. The highest BCUT2D eigenvalue weighted by molar-refractivity contribution is 9.10. The first-order chi connectivity index (χ1) is 6.18. The number of nitrogens with zero attached hydrogens (tertiary/aromatic N) is 2. The van der Waals surface area contributed by atoms with Crippen LogP contribution in [0, 0.1) is 5.92 Å². The molecular weight excluding hydrogens is 232 g/mol. The van der Waals surface area contributed by atoms with Crippen molar-refractivity contribution in [3.63, 3.8) is 0 Å². The zero-order valence-corrected chi connectivity index (χ0v) is 9.11. The Labute approximate surface area is 86.4 Å². The van der Waals surface area contributed by atoms with Crippen LogP contribution in [-0.2, 0) is 0 Å².